The summed E-state index contributed by atoms with van der Waals surface area (Å²) in [6.45, 7) is 3.22. The molecule has 0 amide bonds. The lowest BCUT2D eigenvalue weighted by Crippen LogP contribution is -2.30. The van der Waals surface area contributed by atoms with Crippen molar-refractivity contribution in [1.29, 1.82) is 0 Å². The molecule has 0 saturated carbocycles. The Balaban J connectivity index is 1.71. The van der Waals surface area contributed by atoms with E-state index in [-0.39, 0.29) is 6.10 Å². The topological polar surface area (TPSA) is 57.2 Å². The number of rotatable bonds is 4. The van der Waals surface area contributed by atoms with Crippen molar-refractivity contribution in [3.63, 3.8) is 0 Å². The van der Waals surface area contributed by atoms with E-state index in [2.05, 4.69) is 15.6 Å². The molecule has 2 atom stereocenters. The van der Waals surface area contributed by atoms with E-state index in [1.165, 1.54) is 0 Å². The van der Waals surface area contributed by atoms with Crippen LogP contribution >= 0.6 is 0 Å². The monoisotopic (exact) mass is 207 g/mol. The number of pyridine rings is 1. The van der Waals surface area contributed by atoms with Crippen LogP contribution in [0, 0.1) is 5.92 Å². The normalized spacial score (nSPS) is 25.7. The van der Waals surface area contributed by atoms with Crippen molar-refractivity contribution in [2.24, 2.45) is 5.92 Å². The average Bonchev–Trinajstić information content (AvgIpc) is 2.66. The second-order valence-corrected chi connectivity index (χ2v) is 3.94. The number of nitrogens with zero attached hydrogens (tertiary/aromatic N) is 1. The fourth-order valence-corrected chi connectivity index (χ4v) is 1.82. The van der Waals surface area contributed by atoms with E-state index in [0.717, 1.165) is 31.9 Å². The molecular weight excluding hydrogens is 190 g/mol. The van der Waals surface area contributed by atoms with Crippen LogP contribution in [0.15, 0.2) is 24.4 Å². The summed E-state index contributed by atoms with van der Waals surface area (Å²) >= 11 is 0. The van der Waals surface area contributed by atoms with Gasteiger partial charge in [-0.25, -0.2) is 0 Å². The van der Waals surface area contributed by atoms with Crippen LogP contribution in [0.4, 0.5) is 0 Å². The van der Waals surface area contributed by atoms with Crippen LogP contribution in [-0.2, 0) is 6.54 Å². The molecule has 1 aliphatic rings. The summed E-state index contributed by atoms with van der Waals surface area (Å²) in [5.74, 6) is 0.328. The minimum atomic E-state index is -0.207. The predicted molar refractivity (Wildman–Crippen MR) is 58.3 cm³/mol. The summed E-state index contributed by atoms with van der Waals surface area (Å²) in [6, 6.07) is 5.89. The van der Waals surface area contributed by atoms with Gasteiger partial charge in [-0.2, -0.15) is 0 Å². The highest BCUT2D eigenvalue weighted by molar-refractivity contribution is 5.02. The van der Waals surface area contributed by atoms with Crippen LogP contribution in [0.2, 0.25) is 0 Å². The van der Waals surface area contributed by atoms with Crippen LogP contribution in [0.3, 0.4) is 0 Å². The first kappa shape index (κ1) is 10.5. The fourth-order valence-electron chi connectivity index (χ4n) is 1.82. The molecule has 1 saturated heterocycles. The van der Waals surface area contributed by atoms with Crippen molar-refractivity contribution < 1.29 is 5.11 Å². The minimum Gasteiger partial charge on any atom is -0.391 e. The lowest BCUT2D eigenvalue weighted by atomic mass is 10.1. The molecule has 1 fully saturated rings. The van der Waals surface area contributed by atoms with Gasteiger partial charge >= 0.3 is 0 Å². The third-order valence-electron chi connectivity index (χ3n) is 2.74. The molecule has 4 nitrogen and oxygen atoms in total. The highest BCUT2D eigenvalue weighted by Gasteiger charge is 2.23. The first-order chi connectivity index (χ1) is 7.36. The van der Waals surface area contributed by atoms with E-state index < -0.39 is 0 Å². The largest absolute Gasteiger partial charge is 0.391 e. The molecule has 0 bridgehead atoms. The molecule has 0 aromatic carbocycles. The summed E-state index contributed by atoms with van der Waals surface area (Å²) in [5.41, 5.74) is 1.04. The Bertz CT molecular complexity index is 291. The quantitative estimate of drug-likeness (QED) is 0.637. The van der Waals surface area contributed by atoms with Gasteiger partial charge in [0.15, 0.2) is 0 Å². The van der Waals surface area contributed by atoms with Gasteiger partial charge in [0.2, 0.25) is 0 Å². The van der Waals surface area contributed by atoms with Gasteiger partial charge in [-0.3, -0.25) is 4.98 Å². The van der Waals surface area contributed by atoms with E-state index >= 15 is 0 Å². The van der Waals surface area contributed by atoms with Gasteiger partial charge in [0.1, 0.15) is 0 Å². The van der Waals surface area contributed by atoms with Gasteiger partial charge in [0, 0.05) is 38.3 Å². The summed E-state index contributed by atoms with van der Waals surface area (Å²) in [4.78, 5) is 4.22. The van der Waals surface area contributed by atoms with Crippen LogP contribution in [0.25, 0.3) is 0 Å². The maximum atomic E-state index is 9.57. The number of hydrogen-bond acceptors (Lipinski definition) is 4. The molecule has 0 aliphatic carbocycles. The zero-order valence-corrected chi connectivity index (χ0v) is 8.69. The van der Waals surface area contributed by atoms with Gasteiger partial charge in [-0.1, -0.05) is 6.07 Å². The third-order valence-corrected chi connectivity index (χ3v) is 2.74. The van der Waals surface area contributed by atoms with E-state index in [9.17, 15) is 5.11 Å². The van der Waals surface area contributed by atoms with E-state index in [1.807, 2.05) is 18.2 Å². The van der Waals surface area contributed by atoms with Gasteiger partial charge in [0.05, 0.1) is 11.8 Å². The lowest BCUT2D eigenvalue weighted by molar-refractivity contribution is 0.146. The molecule has 2 rings (SSSR count). The number of β-amino-alcohol motifs (C(OH)–C–C–N with tert-alkyl or cyclic N) is 1. The second-order valence-electron chi connectivity index (χ2n) is 3.94. The standard InChI is InChI=1S/C11H17N3O/c15-11-8-13-6-9(11)5-12-7-10-3-1-2-4-14-10/h1-4,9,11-13,15H,5-8H2. The first-order valence-corrected chi connectivity index (χ1v) is 5.35. The van der Waals surface area contributed by atoms with Crippen molar-refractivity contribution in [1.82, 2.24) is 15.6 Å². The predicted octanol–water partition coefficient (Wildman–Crippen LogP) is -0.248. The molecule has 82 valence electrons. The molecule has 15 heavy (non-hydrogen) atoms. The van der Waals surface area contributed by atoms with Crippen molar-refractivity contribution >= 4 is 0 Å². The Morgan fingerprint density at radius 3 is 3.07 bits per heavy atom. The molecule has 1 aromatic heterocycles. The highest BCUT2D eigenvalue weighted by Crippen LogP contribution is 2.07. The van der Waals surface area contributed by atoms with E-state index in [4.69, 9.17) is 0 Å². The van der Waals surface area contributed by atoms with Gasteiger partial charge in [0.25, 0.3) is 0 Å². The van der Waals surface area contributed by atoms with E-state index in [1.54, 1.807) is 6.20 Å². The number of hydrogen-bond donors (Lipinski definition) is 3. The summed E-state index contributed by atoms with van der Waals surface area (Å²) < 4.78 is 0. The molecule has 1 aromatic rings. The third kappa shape index (κ3) is 2.99. The molecular formula is C11H17N3O. The smallest absolute Gasteiger partial charge is 0.0716 e. The molecule has 0 spiro atoms. The molecule has 2 unspecified atom stereocenters. The summed E-state index contributed by atoms with van der Waals surface area (Å²) in [7, 11) is 0. The first-order valence-electron chi connectivity index (χ1n) is 5.35. The maximum Gasteiger partial charge on any atom is 0.0716 e. The highest BCUT2D eigenvalue weighted by atomic mass is 16.3. The van der Waals surface area contributed by atoms with Crippen molar-refractivity contribution in [3.8, 4) is 0 Å². The molecule has 1 aliphatic heterocycles. The van der Waals surface area contributed by atoms with Crippen LogP contribution in [-0.4, -0.2) is 35.8 Å². The number of aliphatic hydroxyl groups is 1. The Labute approximate surface area is 89.7 Å². The summed E-state index contributed by atoms with van der Waals surface area (Å²) in [5, 5.41) is 16.0. The van der Waals surface area contributed by atoms with Crippen molar-refractivity contribution in [3.05, 3.63) is 30.1 Å². The van der Waals surface area contributed by atoms with Gasteiger partial charge in [-0.05, 0) is 12.1 Å². The van der Waals surface area contributed by atoms with Crippen LogP contribution in [0.5, 0.6) is 0 Å². The van der Waals surface area contributed by atoms with E-state index in [0.29, 0.717) is 5.92 Å². The molecule has 3 N–H and O–H groups in total. The van der Waals surface area contributed by atoms with Crippen molar-refractivity contribution in [2.75, 3.05) is 19.6 Å². The Kier molecular flexibility index (Phi) is 3.66. The fraction of sp³-hybridized carbons (Fsp3) is 0.545. The molecule has 2 heterocycles. The Morgan fingerprint density at radius 1 is 1.47 bits per heavy atom. The summed E-state index contributed by atoms with van der Waals surface area (Å²) in [6.07, 6.45) is 1.59. The number of nitrogens with one attached hydrogen (secondary N) is 2. The average molecular weight is 207 g/mol. The lowest BCUT2D eigenvalue weighted by Gasteiger charge is -2.13. The van der Waals surface area contributed by atoms with Crippen LogP contribution < -0.4 is 10.6 Å². The second kappa shape index (κ2) is 5.21. The zero-order chi connectivity index (χ0) is 10.5. The molecule has 4 heteroatoms. The van der Waals surface area contributed by atoms with Crippen molar-refractivity contribution in [2.45, 2.75) is 12.6 Å². The van der Waals surface area contributed by atoms with Crippen LogP contribution in [0.1, 0.15) is 5.69 Å². The van der Waals surface area contributed by atoms with Gasteiger partial charge in [-0.15, -0.1) is 0 Å². The number of aliphatic hydroxyl groups excluding tert-OH is 1. The molecule has 0 radical (unpaired) electrons. The Morgan fingerprint density at radius 2 is 2.40 bits per heavy atom. The zero-order valence-electron chi connectivity index (χ0n) is 8.69. The number of aromatic nitrogens is 1. The van der Waals surface area contributed by atoms with Gasteiger partial charge < -0.3 is 15.7 Å². The SMILES string of the molecule is OC1CNCC1CNCc1ccccn1. The minimum absolute atomic E-state index is 0.207. The maximum absolute atomic E-state index is 9.57. The Hall–Kier alpha value is -0.970.